The number of rotatable bonds is 5. The van der Waals surface area contributed by atoms with Gasteiger partial charge in [-0.2, -0.15) is 0 Å². The average Bonchev–Trinajstić information content (AvgIpc) is 3.04. The Morgan fingerprint density at radius 1 is 1.07 bits per heavy atom. The molecule has 2 N–H and O–H groups in total. The minimum atomic E-state index is -3.80. The molecule has 1 unspecified atom stereocenters. The van der Waals surface area contributed by atoms with Gasteiger partial charge in [0.2, 0.25) is 0 Å². The topological polar surface area (TPSA) is 67.4 Å². The van der Waals surface area contributed by atoms with Crippen LogP contribution in [0, 0.1) is 0 Å². The number of sulfonamides is 1. The Morgan fingerprint density at radius 3 is 2.64 bits per heavy atom. The predicted octanol–water partition coefficient (Wildman–Crippen LogP) is 5.29. The summed E-state index contributed by atoms with van der Waals surface area (Å²) in [4.78, 5) is 0.202. The molecule has 1 aliphatic rings. The van der Waals surface area contributed by atoms with E-state index < -0.39 is 10.0 Å². The molecule has 144 valence electrons. The Labute approximate surface area is 169 Å². The molecule has 28 heavy (non-hydrogen) atoms. The van der Waals surface area contributed by atoms with Crippen LogP contribution < -0.4 is 14.8 Å². The molecule has 4 rings (SSSR count). The average molecular weight is 415 g/mol. The molecular weight excluding hydrogens is 396 g/mol. The maximum atomic E-state index is 13.0. The van der Waals surface area contributed by atoms with Crippen LogP contribution in [0.3, 0.4) is 0 Å². The summed E-state index contributed by atoms with van der Waals surface area (Å²) in [6.45, 7) is 2.06. The van der Waals surface area contributed by atoms with Gasteiger partial charge in [-0.1, -0.05) is 29.8 Å². The molecule has 0 spiro atoms. The molecule has 3 aromatic carbocycles. The fourth-order valence-corrected chi connectivity index (χ4v) is 4.47. The zero-order chi connectivity index (χ0) is 19.7. The van der Waals surface area contributed by atoms with Gasteiger partial charge in [-0.15, -0.1) is 0 Å². The van der Waals surface area contributed by atoms with Crippen molar-refractivity contribution in [2.75, 3.05) is 10.0 Å². The zero-order valence-corrected chi connectivity index (χ0v) is 16.7. The summed E-state index contributed by atoms with van der Waals surface area (Å²) in [5.74, 6) is 0.971. The van der Waals surface area contributed by atoms with E-state index in [9.17, 15) is 8.42 Å². The second-order valence-corrected chi connectivity index (χ2v) is 8.85. The van der Waals surface area contributed by atoms with Crippen molar-refractivity contribution in [3.8, 4) is 11.5 Å². The second kappa shape index (κ2) is 7.37. The molecule has 3 aromatic rings. The molecule has 0 fully saturated rings. The van der Waals surface area contributed by atoms with Crippen LogP contribution in [0.25, 0.3) is 0 Å². The van der Waals surface area contributed by atoms with Crippen LogP contribution in [0.2, 0.25) is 5.02 Å². The molecule has 0 saturated carbocycles. The molecule has 0 radical (unpaired) electrons. The molecule has 0 aliphatic carbocycles. The Bertz CT molecular complexity index is 1120. The number of benzene rings is 3. The van der Waals surface area contributed by atoms with Gasteiger partial charge in [0, 0.05) is 16.8 Å². The molecule has 7 heteroatoms. The van der Waals surface area contributed by atoms with E-state index >= 15 is 0 Å². The van der Waals surface area contributed by atoms with Gasteiger partial charge in [0.15, 0.2) is 5.75 Å². The standard InChI is InChI=1S/C21H19ClN2O3S/c1-14-11-15-12-18(8-9-19(15)23-14)28(25,26)24-20-13-16(22)7-10-21(20)27-17-5-3-2-4-6-17/h2-10,12-14,23-24H,11H2,1H3. The lowest BCUT2D eigenvalue weighted by Gasteiger charge is -2.14. The van der Waals surface area contributed by atoms with Gasteiger partial charge >= 0.3 is 0 Å². The normalized spacial score (nSPS) is 15.6. The van der Waals surface area contributed by atoms with E-state index in [1.165, 1.54) is 6.07 Å². The number of fused-ring (bicyclic) bond motifs is 1. The van der Waals surface area contributed by atoms with Crippen LogP contribution in [0.4, 0.5) is 11.4 Å². The number of nitrogens with one attached hydrogen (secondary N) is 2. The lowest BCUT2D eigenvalue weighted by atomic mass is 10.1. The molecule has 0 aromatic heterocycles. The molecule has 5 nitrogen and oxygen atoms in total. The fourth-order valence-electron chi connectivity index (χ4n) is 3.18. The highest BCUT2D eigenvalue weighted by Crippen LogP contribution is 2.34. The van der Waals surface area contributed by atoms with Crippen molar-refractivity contribution in [3.05, 3.63) is 77.3 Å². The van der Waals surface area contributed by atoms with Crippen LogP contribution in [0.15, 0.2) is 71.6 Å². The van der Waals surface area contributed by atoms with Crippen LogP contribution in [-0.2, 0) is 16.4 Å². The van der Waals surface area contributed by atoms with E-state index in [2.05, 4.69) is 17.0 Å². The van der Waals surface area contributed by atoms with Crippen molar-refractivity contribution in [2.45, 2.75) is 24.3 Å². The largest absolute Gasteiger partial charge is 0.455 e. The van der Waals surface area contributed by atoms with E-state index in [0.717, 1.165) is 17.7 Å². The maximum Gasteiger partial charge on any atom is 0.262 e. The molecule has 1 atom stereocenters. The monoisotopic (exact) mass is 414 g/mol. The first-order valence-electron chi connectivity index (χ1n) is 8.85. The van der Waals surface area contributed by atoms with E-state index in [0.29, 0.717) is 22.6 Å². The summed E-state index contributed by atoms with van der Waals surface area (Å²) < 4.78 is 34.4. The summed E-state index contributed by atoms with van der Waals surface area (Å²) in [5.41, 5.74) is 2.24. The lowest BCUT2D eigenvalue weighted by Crippen LogP contribution is -2.14. The number of hydrogen-bond acceptors (Lipinski definition) is 4. The number of ether oxygens (including phenoxy) is 1. The molecule has 0 bridgehead atoms. The van der Waals surface area contributed by atoms with E-state index in [4.69, 9.17) is 16.3 Å². The summed E-state index contributed by atoms with van der Waals surface area (Å²) in [5, 5.41) is 3.72. The number of hydrogen-bond donors (Lipinski definition) is 2. The van der Waals surface area contributed by atoms with E-state index in [1.54, 1.807) is 42.5 Å². The SMILES string of the molecule is CC1Cc2cc(S(=O)(=O)Nc3cc(Cl)ccc3Oc3ccccc3)ccc2N1. The van der Waals surface area contributed by atoms with Gasteiger partial charge in [-0.05, 0) is 67.4 Å². The quantitative estimate of drug-likeness (QED) is 0.595. The first-order valence-corrected chi connectivity index (χ1v) is 10.7. The maximum absolute atomic E-state index is 13.0. The third kappa shape index (κ3) is 3.93. The highest BCUT2D eigenvalue weighted by molar-refractivity contribution is 7.92. The van der Waals surface area contributed by atoms with Crippen LogP contribution in [-0.4, -0.2) is 14.5 Å². The second-order valence-electron chi connectivity index (χ2n) is 6.73. The van der Waals surface area contributed by atoms with E-state index in [1.807, 2.05) is 18.2 Å². The number of anilines is 2. The van der Waals surface area contributed by atoms with Crippen molar-refractivity contribution >= 4 is 33.0 Å². The lowest BCUT2D eigenvalue weighted by molar-refractivity contribution is 0.485. The summed E-state index contributed by atoms with van der Waals surface area (Å²) >= 11 is 6.09. The summed E-state index contributed by atoms with van der Waals surface area (Å²) in [7, 11) is -3.80. The third-order valence-corrected chi connectivity index (χ3v) is 6.07. The van der Waals surface area contributed by atoms with Crippen molar-refractivity contribution in [1.29, 1.82) is 0 Å². The first-order chi connectivity index (χ1) is 13.4. The van der Waals surface area contributed by atoms with Gasteiger partial charge in [0.05, 0.1) is 10.6 Å². The van der Waals surface area contributed by atoms with Crippen molar-refractivity contribution < 1.29 is 13.2 Å². The van der Waals surface area contributed by atoms with Gasteiger partial charge in [0.25, 0.3) is 10.0 Å². The zero-order valence-electron chi connectivity index (χ0n) is 15.1. The third-order valence-electron chi connectivity index (χ3n) is 4.47. The first kappa shape index (κ1) is 18.7. The predicted molar refractivity (Wildman–Crippen MR) is 112 cm³/mol. The minimum Gasteiger partial charge on any atom is -0.455 e. The Hall–Kier alpha value is -2.70. The van der Waals surface area contributed by atoms with Crippen molar-refractivity contribution in [3.63, 3.8) is 0 Å². The van der Waals surface area contributed by atoms with Gasteiger partial charge < -0.3 is 10.1 Å². The Balaban J connectivity index is 1.65. The smallest absolute Gasteiger partial charge is 0.262 e. The van der Waals surface area contributed by atoms with Gasteiger partial charge in [-0.3, -0.25) is 4.72 Å². The molecule has 1 aliphatic heterocycles. The highest BCUT2D eigenvalue weighted by atomic mass is 35.5. The van der Waals surface area contributed by atoms with Crippen LogP contribution in [0.5, 0.6) is 11.5 Å². The fraction of sp³-hybridized carbons (Fsp3) is 0.143. The molecular formula is C21H19ClN2O3S. The molecule has 0 saturated heterocycles. The van der Waals surface area contributed by atoms with Crippen LogP contribution in [0.1, 0.15) is 12.5 Å². The summed E-state index contributed by atoms with van der Waals surface area (Å²) in [6.07, 6.45) is 0.790. The van der Waals surface area contributed by atoms with Crippen LogP contribution >= 0.6 is 11.6 Å². The van der Waals surface area contributed by atoms with Crippen molar-refractivity contribution in [1.82, 2.24) is 0 Å². The van der Waals surface area contributed by atoms with Gasteiger partial charge in [0.1, 0.15) is 5.75 Å². The van der Waals surface area contributed by atoms with Crippen molar-refractivity contribution in [2.24, 2.45) is 0 Å². The van der Waals surface area contributed by atoms with E-state index in [-0.39, 0.29) is 10.6 Å². The minimum absolute atomic E-state index is 0.202. The summed E-state index contributed by atoms with van der Waals surface area (Å²) in [6, 6.07) is 19.4. The molecule has 0 amide bonds. The molecule has 1 heterocycles. The highest BCUT2D eigenvalue weighted by Gasteiger charge is 2.22. The van der Waals surface area contributed by atoms with Gasteiger partial charge in [-0.25, -0.2) is 8.42 Å². The Morgan fingerprint density at radius 2 is 1.86 bits per heavy atom. The number of halogens is 1. The number of para-hydroxylation sites is 1. The Kier molecular flexibility index (Phi) is 4.91.